The summed E-state index contributed by atoms with van der Waals surface area (Å²) in [6.45, 7) is 3.13. The third-order valence-electron chi connectivity index (χ3n) is 3.92. The standard InChI is InChI=1S/C14H18N4O/c1-9-6-7-18(12(9)8-19)14-13(15)16-10-4-2-3-5-11(10)17-14/h2-5,9,12,19H,6-8H2,1H3,(H2,15,16). The molecule has 19 heavy (non-hydrogen) atoms. The number of hydrogen-bond donors (Lipinski definition) is 2. The fourth-order valence-corrected chi connectivity index (χ4v) is 2.77. The van der Waals surface area contributed by atoms with Crippen LogP contribution in [0, 0.1) is 5.92 Å². The largest absolute Gasteiger partial charge is 0.394 e. The Morgan fingerprint density at radius 1 is 1.32 bits per heavy atom. The van der Waals surface area contributed by atoms with Gasteiger partial charge >= 0.3 is 0 Å². The van der Waals surface area contributed by atoms with Crippen LogP contribution in [0.5, 0.6) is 0 Å². The Morgan fingerprint density at radius 2 is 2.00 bits per heavy atom. The number of fused-ring (bicyclic) bond motifs is 1. The summed E-state index contributed by atoms with van der Waals surface area (Å²) in [5.74, 6) is 1.58. The summed E-state index contributed by atoms with van der Waals surface area (Å²) in [6.07, 6.45) is 1.04. The van der Waals surface area contributed by atoms with Gasteiger partial charge in [0.1, 0.15) is 0 Å². The van der Waals surface area contributed by atoms with Crippen LogP contribution < -0.4 is 10.6 Å². The number of nitrogens with zero attached hydrogens (tertiary/aromatic N) is 3. The summed E-state index contributed by atoms with van der Waals surface area (Å²) in [7, 11) is 0. The number of hydrogen-bond acceptors (Lipinski definition) is 5. The summed E-state index contributed by atoms with van der Waals surface area (Å²) in [5, 5.41) is 9.54. The van der Waals surface area contributed by atoms with Crippen LogP contribution in [-0.4, -0.2) is 34.3 Å². The third kappa shape index (κ3) is 2.00. The van der Waals surface area contributed by atoms with E-state index in [0.717, 1.165) is 24.0 Å². The second-order valence-corrected chi connectivity index (χ2v) is 5.13. The van der Waals surface area contributed by atoms with Gasteiger partial charge in [-0.1, -0.05) is 19.1 Å². The normalized spacial score (nSPS) is 23.2. The summed E-state index contributed by atoms with van der Waals surface area (Å²) in [5.41, 5.74) is 7.67. The van der Waals surface area contributed by atoms with E-state index in [1.165, 1.54) is 0 Å². The van der Waals surface area contributed by atoms with Gasteiger partial charge in [0, 0.05) is 6.54 Å². The number of nitrogens with two attached hydrogens (primary N) is 1. The molecule has 1 aliphatic rings. The van der Waals surface area contributed by atoms with Gasteiger partial charge in [0.2, 0.25) is 0 Å². The van der Waals surface area contributed by atoms with Crippen molar-refractivity contribution in [2.75, 3.05) is 23.8 Å². The van der Waals surface area contributed by atoms with Gasteiger partial charge in [0.05, 0.1) is 23.7 Å². The average Bonchev–Trinajstić information content (AvgIpc) is 2.78. The van der Waals surface area contributed by atoms with Crippen molar-refractivity contribution < 1.29 is 5.11 Å². The molecule has 2 heterocycles. The van der Waals surface area contributed by atoms with Crippen LogP contribution in [0.3, 0.4) is 0 Å². The van der Waals surface area contributed by atoms with Crippen LogP contribution >= 0.6 is 0 Å². The molecule has 0 radical (unpaired) electrons. The van der Waals surface area contributed by atoms with Gasteiger partial charge in [-0.2, -0.15) is 0 Å². The predicted molar refractivity (Wildman–Crippen MR) is 76.0 cm³/mol. The highest BCUT2D eigenvalue weighted by Gasteiger charge is 2.32. The van der Waals surface area contributed by atoms with Crippen molar-refractivity contribution >= 4 is 22.7 Å². The Balaban J connectivity index is 2.07. The summed E-state index contributed by atoms with van der Waals surface area (Å²) < 4.78 is 0. The smallest absolute Gasteiger partial charge is 0.172 e. The van der Waals surface area contributed by atoms with Crippen LogP contribution in [0.4, 0.5) is 11.6 Å². The van der Waals surface area contributed by atoms with Gasteiger partial charge in [-0.25, -0.2) is 9.97 Å². The first-order valence-corrected chi connectivity index (χ1v) is 6.60. The van der Waals surface area contributed by atoms with Crippen LogP contribution in [0.2, 0.25) is 0 Å². The molecule has 1 aromatic carbocycles. The summed E-state index contributed by atoms with van der Waals surface area (Å²) in [6, 6.07) is 7.77. The van der Waals surface area contributed by atoms with E-state index in [1.807, 2.05) is 24.3 Å². The minimum Gasteiger partial charge on any atom is -0.394 e. The molecule has 1 fully saturated rings. The molecule has 1 saturated heterocycles. The van der Waals surface area contributed by atoms with E-state index in [4.69, 9.17) is 5.73 Å². The molecule has 0 aliphatic carbocycles. The highest BCUT2D eigenvalue weighted by Crippen LogP contribution is 2.31. The highest BCUT2D eigenvalue weighted by atomic mass is 16.3. The number of rotatable bonds is 2. The van der Waals surface area contributed by atoms with Crippen LogP contribution in [0.1, 0.15) is 13.3 Å². The maximum atomic E-state index is 9.54. The fraction of sp³-hybridized carbons (Fsp3) is 0.429. The van der Waals surface area contributed by atoms with Crippen molar-refractivity contribution in [2.24, 2.45) is 5.92 Å². The van der Waals surface area contributed by atoms with E-state index < -0.39 is 0 Å². The third-order valence-corrected chi connectivity index (χ3v) is 3.92. The van der Waals surface area contributed by atoms with Gasteiger partial charge in [-0.05, 0) is 24.5 Å². The highest BCUT2D eigenvalue weighted by molar-refractivity contribution is 5.79. The first kappa shape index (κ1) is 12.2. The number of aliphatic hydroxyl groups is 1. The number of aromatic nitrogens is 2. The molecule has 2 aromatic rings. The van der Waals surface area contributed by atoms with E-state index in [-0.39, 0.29) is 12.6 Å². The number of para-hydroxylation sites is 2. The predicted octanol–water partition coefficient (Wildman–Crippen LogP) is 1.42. The zero-order chi connectivity index (χ0) is 13.4. The molecule has 3 rings (SSSR count). The zero-order valence-electron chi connectivity index (χ0n) is 11.0. The van der Waals surface area contributed by atoms with E-state index >= 15 is 0 Å². The van der Waals surface area contributed by atoms with Crippen molar-refractivity contribution in [2.45, 2.75) is 19.4 Å². The van der Waals surface area contributed by atoms with E-state index in [9.17, 15) is 5.11 Å². The van der Waals surface area contributed by atoms with Crippen molar-refractivity contribution in [1.29, 1.82) is 0 Å². The lowest BCUT2D eigenvalue weighted by molar-refractivity contribution is 0.244. The summed E-state index contributed by atoms with van der Waals surface area (Å²) >= 11 is 0. The molecule has 5 heteroatoms. The molecular weight excluding hydrogens is 240 g/mol. The molecule has 1 aromatic heterocycles. The van der Waals surface area contributed by atoms with Gasteiger partial charge < -0.3 is 15.7 Å². The lowest BCUT2D eigenvalue weighted by Crippen LogP contribution is -2.36. The molecule has 2 atom stereocenters. The Labute approximate surface area is 112 Å². The topological polar surface area (TPSA) is 75.3 Å². The first-order valence-electron chi connectivity index (χ1n) is 6.60. The molecular formula is C14H18N4O. The molecule has 0 spiro atoms. The fourth-order valence-electron chi connectivity index (χ4n) is 2.77. The maximum Gasteiger partial charge on any atom is 0.172 e. The Bertz CT molecular complexity index is 601. The first-order chi connectivity index (χ1) is 9.20. The molecule has 2 unspecified atom stereocenters. The van der Waals surface area contributed by atoms with Crippen molar-refractivity contribution in [3.63, 3.8) is 0 Å². The Kier molecular flexibility index (Phi) is 2.98. The van der Waals surface area contributed by atoms with E-state index in [1.54, 1.807) is 0 Å². The minimum atomic E-state index is 0.0813. The number of aliphatic hydroxyl groups excluding tert-OH is 1. The number of benzene rings is 1. The second-order valence-electron chi connectivity index (χ2n) is 5.13. The molecule has 0 bridgehead atoms. The molecule has 0 amide bonds. The summed E-state index contributed by atoms with van der Waals surface area (Å²) in [4.78, 5) is 11.1. The lowest BCUT2D eigenvalue weighted by Gasteiger charge is -2.27. The van der Waals surface area contributed by atoms with Gasteiger partial charge in [0.25, 0.3) is 0 Å². The van der Waals surface area contributed by atoms with Crippen molar-refractivity contribution in [3.05, 3.63) is 24.3 Å². The number of anilines is 2. The maximum absolute atomic E-state index is 9.54. The number of nitrogen functional groups attached to an aromatic ring is 1. The molecule has 1 aliphatic heterocycles. The molecule has 0 saturated carbocycles. The van der Waals surface area contributed by atoms with Crippen LogP contribution in [0.25, 0.3) is 11.0 Å². The van der Waals surface area contributed by atoms with E-state index in [2.05, 4.69) is 21.8 Å². The van der Waals surface area contributed by atoms with Crippen LogP contribution in [0.15, 0.2) is 24.3 Å². The zero-order valence-corrected chi connectivity index (χ0v) is 11.0. The monoisotopic (exact) mass is 258 g/mol. The van der Waals surface area contributed by atoms with Crippen molar-refractivity contribution in [3.8, 4) is 0 Å². The van der Waals surface area contributed by atoms with Gasteiger partial charge in [-0.15, -0.1) is 0 Å². The Hall–Kier alpha value is -1.88. The minimum absolute atomic E-state index is 0.0813. The van der Waals surface area contributed by atoms with Gasteiger partial charge in [-0.3, -0.25) is 0 Å². The van der Waals surface area contributed by atoms with Gasteiger partial charge in [0.15, 0.2) is 11.6 Å². The quantitative estimate of drug-likeness (QED) is 0.852. The average molecular weight is 258 g/mol. The van der Waals surface area contributed by atoms with Crippen molar-refractivity contribution in [1.82, 2.24) is 9.97 Å². The second kappa shape index (κ2) is 4.66. The van der Waals surface area contributed by atoms with E-state index in [0.29, 0.717) is 17.6 Å². The molecule has 100 valence electrons. The lowest BCUT2D eigenvalue weighted by atomic mass is 10.0. The van der Waals surface area contributed by atoms with Crippen LogP contribution in [-0.2, 0) is 0 Å². The molecule has 5 nitrogen and oxygen atoms in total. The SMILES string of the molecule is CC1CCN(c2nc3ccccc3nc2N)C1CO. The Morgan fingerprint density at radius 3 is 2.68 bits per heavy atom. The molecule has 3 N–H and O–H groups in total.